The minimum absolute atomic E-state index is 0.389. The molecule has 3 nitrogen and oxygen atoms in total. The largest absolute Gasteiger partial charge is 0.444 e. The van der Waals surface area contributed by atoms with Crippen LogP contribution in [0.4, 0.5) is 4.79 Å². The standard InChI is InChI=1S/C15H19BrClNO2/c1-15(2,3)20-14(19)18-9-5-4-6-11-7-8-13(17)12(16)10-11/h4,6-8,10H,5,9H2,1-3H3,(H,18,19). The summed E-state index contributed by atoms with van der Waals surface area (Å²) in [6.07, 6.45) is 4.32. The molecule has 110 valence electrons. The third-order valence-corrected chi connectivity index (χ3v) is 3.45. The van der Waals surface area contributed by atoms with Gasteiger partial charge in [0.1, 0.15) is 5.60 Å². The summed E-state index contributed by atoms with van der Waals surface area (Å²) in [5.74, 6) is 0. The van der Waals surface area contributed by atoms with Crippen molar-refractivity contribution in [2.24, 2.45) is 0 Å². The van der Waals surface area contributed by atoms with E-state index in [4.69, 9.17) is 16.3 Å². The molecule has 0 aliphatic carbocycles. The van der Waals surface area contributed by atoms with Gasteiger partial charge in [-0.3, -0.25) is 0 Å². The summed E-state index contributed by atoms with van der Waals surface area (Å²) in [4.78, 5) is 11.4. The van der Waals surface area contributed by atoms with Gasteiger partial charge in [-0.1, -0.05) is 29.8 Å². The fourth-order valence-corrected chi connectivity index (χ4v) is 1.92. The normalized spacial score (nSPS) is 11.7. The second-order valence-corrected chi connectivity index (χ2v) is 6.55. The zero-order valence-electron chi connectivity index (χ0n) is 11.9. The van der Waals surface area contributed by atoms with Gasteiger partial charge in [-0.2, -0.15) is 0 Å². The lowest BCUT2D eigenvalue weighted by molar-refractivity contribution is 0.0529. The van der Waals surface area contributed by atoms with Crippen LogP contribution in [0.3, 0.4) is 0 Å². The van der Waals surface area contributed by atoms with Crippen LogP contribution in [0.2, 0.25) is 5.02 Å². The van der Waals surface area contributed by atoms with E-state index in [1.54, 1.807) is 0 Å². The molecule has 0 heterocycles. The SMILES string of the molecule is CC(C)(C)OC(=O)NCCC=Cc1ccc(Cl)c(Br)c1. The van der Waals surface area contributed by atoms with Crippen LogP contribution in [0.1, 0.15) is 32.8 Å². The van der Waals surface area contributed by atoms with Gasteiger partial charge in [-0.05, 0) is 60.8 Å². The molecule has 1 N–H and O–H groups in total. The Labute approximate surface area is 133 Å². The molecule has 1 amide bonds. The fraction of sp³-hybridized carbons (Fsp3) is 0.400. The van der Waals surface area contributed by atoms with Gasteiger partial charge in [0.25, 0.3) is 0 Å². The molecule has 0 saturated carbocycles. The van der Waals surface area contributed by atoms with E-state index in [0.29, 0.717) is 11.6 Å². The molecule has 0 fully saturated rings. The first-order chi connectivity index (χ1) is 9.28. The highest BCUT2D eigenvalue weighted by Gasteiger charge is 2.15. The summed E-state index contributed by atoms with van der Waals surface area (Å²) in [5.41, 5.74) is 0.591. The van der Waals surface area contributed by atoms with Crippen LogP contribution < -0.4 is 5.32 Å². The number of hydrogen-bond acceptors (Lipinski definition) is 2. The van der Waals surface area contributed by atoms with Crippen molar-refractivity contribution in [1.29, 1.82) is 0 Å². The van der Waals surface area contributed by atoms with E-state index in [9.17, 15) is 4.79 Å². The Kier molecular flexibility index (Phi) is 6.56. The molecule has 0 aliphatic heterocycles. The predicted molar refractivity (Wildman–Crippen MR) is 87.0 cm³/mol. The van der Waals surface area contributed by atoms with E-state index in [2.05, 4.69) is 21.2 Å². The van der Waals surface area contributed by atoms with Crippen molar-refractivity contribution < 1.29 is 9.53 Å². The molecule has 0 atom stereocenters. The lowest BCUT2D eigenvalue weighted by Gasteiger charge is -2.19. The Bertz CT molecular complexity index is 495. The Hall–Kier alpha value is -1.000. The minimum Gasteiger partial charge on any atom is -0.444 e. The van der Waals surface area contributed by atoms with Crippen LogP contribution in [0.25, 0.3) is 6.08 Å². The van der Waals surface area contributed by atoms with Crippen molar-refractivity contribution in [3.05, 3.63) is 39.3 Å². The van der Waals surface area contributed by atoms with Gasteiger partial charge in [0.05, 0.1) is 5.02 Å². The monoisotopic (exact) mass is 359 g/mol. The third kappa shape index (κ3) is 6.96. The van der Waals surface area contributed by atoms with Crippen LogP contribution in [-0.4, -0.2) is 18.2 Å². The van der Waals surface area contributed by atoms with Gasteiger partial charge >= 0.3 is 6.09 Å². The lowest BCUT2D eigenvalue weighted by Crippen LogP contribution is -2.32. The maximum atomic E-state index is 11.4. The van der Waals surface area contributed by atoms with Crippen molar-refractivity contribution in [3.8, 4) is 0 Å². The molecule has 0 radical (unpaired) electrons. The van der Waals surface area contributed by atoms with Gasteiger partial charge in [-0.15, -0.1) is 0 Å². The molecule has 0 saturated heterocycles. The molecule has 0 bridgehead atoms. The van der Waals surface area contributed by atoms with Crippen molar-refractivity contribution in [2.75, 3.05) is 6.54 Å². The van der Waals surface area contributed by atoms with Crippen molar-refractivity contribution in [2.45, 2.75) is 32.8 Å². The number of rotatable bonds is 4. The number of halogens is 2. The van der Waals surface area contributed by atoms with Crippen LogP contribution >= 0.6 is 27.5 Å². The molecular weight excluding hydrogens is 342 g/mol. The quantitative estimate of drug-likeness (QED) is 0.765. The topological polar surface area (TPSA) is 38.3 Å². The Morgan fingerprint density at radius 3 is 2.75 bits per heavy atom. The van der Waals surface area contributed by atoms with Gasteiger partial charge < -0.3 is 10.1 Å². The van der Waals surface area contributed by atoms with Crippen LogP contribution in [-0.2, 0) is 4.74 Å². The Morgan fingerprint density at radius 1 is 1.45 bits per heavy atom. The van der Waals surface area contributed by atoms with E-state index >= 15 is 0 Å². The third-order valence-electron chi connectivity index (χ3n) is 2.23. The summed E-state index contributed by atoms with van der Waals surface area (Å²) >= 11 is 9.30. The van der Waals surface area contributed by atoms with Crippen molar-refractivity contribution in [1.82, 2.24) is 5.32 Å². The molecule has 5 heteroatoms. The first kappa shape index (κ1) is 17.1. The highest BCUT2D eigenvalue weighted by Crippen LogP contribution is 2.23. The molecular formula is C15H19BrClNO2. The van der Waals surface area contributed by atoms with Gasteiger partial charge in [0.15, 0.2) is 0 Å². The van der Waals surface area contributed by atoms with E-state index in [1.165, 1.54) is 0 Å². The summed E-state index contributed by atoms with van der Waals surface area (Å²) in [6.45, 7) is 6.06. The van der Waals surface area contributed by atoms with Gasteiger partial charge in [0, 0.05) is 11.0 Å². The van der Waals surface area contributed by atoms with Gasteiger partial charge in [0.2, 0.25) is 0 Å². The second kappa shape index (κ2) is 7.70. The van der Waals surface area contributed by atoms with E-state index in [1.807, 2.05) is 51.1 Å². The zero-order valence-corrected chi connectivity index (χ0v) is 14.2. The molecule has 0 spiro atoms. The smallest absolute Gasteiger partial charge is 0.407 e. The highest BCUT2D eigenvalue weighted by molar-refractivity contribution is 9.10. The molecule has 1 aromatic carbocycles. The van der Waals surface area contributed by atoms with Crippen molar-refractivity contribution >= 4 is 39.7 Å². The molecule has 20 heavy (non-hydrogen) atoms. The number of ether oxygens (including phenoxy) is 1. The highest BCUT2D eigenvalue weighted by atomic mass is 79.9. The number of amides is 1. The van der Waals surface area contributed by atoms with Crippen molar-refractivity contribution in [3.63, 3.8) is 0 Å². The number of hydrogen-bond donors (Lipinski definition) is 1. The second-order valence-electron chi connectivity index (χ2n) is 5.29. The average Bonchev–Trinajstić information content (AvgIpc) is 2.31. The number of carbonyl (C=O) groups is 1. The summed E-state index contributed by atoms with van der Waals surface area (Å²) < 4.78 is 6.01. The minimum atomic E-state index is -0.463. The van der Waals surface area contributed by atoms with E-state index in [-0.39, 0.29) is 6.09 Å². The van der Waals surface area contributed by atoms with Crippen LogP contribution in [0.15, 0.2) is 28.7 Å². The number of benzene rings is 1. The summed E-state index contributed by atoms with van der Waals surface area (Å²) in [6, 6.07) is 5.72. The fourth-order valence-electron chi connectivity index (χ4n) is 1.41. The average molecular weight is 361 g/mol. The first-order valence-corrected chi connectivity index (χ1v) is 7.53. The summed E-state index contributed by atoms with van der Waals surface area (Å²) in [5, 5.41) is 3.39. The van der Waals surface area contributed by atoms with Crippen LogP contribution in [0, 0.1) is 0 Å². The number of alkyl carbamates (subject to hydrolysis) is 1. The molecule has 1 aromatic rings. The van der Waals surface area contributed by atoms with E-state index in [0.717, 1.165) is 16.5 Å². The maximum absolute atomic E-state index is 11.4. The Morgan fingerprint density at radius 2 is 2.15 bits per heavy atom. The molecule has 0 aliphatic rings. The van der Waals surface area contributed by atoms with Gasteiger partial charge in [-0.25, -0.2) is 4.79 Å². The van der Waals surface area contributed by atoms with E-state index < -0.39 is 5.60 Å². The first-order valence-electron chi connectivity index (χ1n) is 6.36. The predicted octanol–water partition coefficient (Wildman–Crippen LogP) is 5.03. The zero-order chi connectivity index (χ0) is 15.2. The maximum Gasteiger partial charge on any atom is 0.407 e. The molecule has 0 unspecified atom stereocenters. The molecule has 1 rings (SSSR count). The van der Waals surface area contributed by atoms with Crippen LogP contribution in [0.5, 0.6) is 0 Å². The molecule has 0 aromatic heterocycles. The number of nitrogens with one attached hydrogen (secondary N) is 1. The Balaban J connectivity index is 2.32. The lowest BCUT2D eigenvalue weighted by atomic mass is 10.2. The number of carbonyl (C=O) groups excluding carboxylic acids is 1. The summed E-state index contributed by atoms with van der Waals surface area (Å²) in [7, 11) is 0.